The van der Waals surface area contributed by atoms with Gasteiger partial charge in [0.1, 0.15) is 5.75 Å². The van der Waals surface area contributed by atoms with Crippen LogP contribution in [-0.4, -0.2) is 7.11 Å². The number of methoxy groups -OCH3 is 1. The molecule has 0 aliphatic carbocycles. The first-order valence-corrected chi connectivity index (χ1v) is 6.71. The second kappa shape index (κ2) is 5.66. The molecule has 0 atom stereocenters. The molecule has 0 saturated carbocycles. The smallest absolute Gasteiger partial charge is 0.119 e. The van der Waals surface area contributed by atoms with E-state index in [1.54, 1.807) is 7.11 Å². The van der Waals surface area contributed by atoms with Crippen LogP contribution in [0.5, 0.6) is 5.75 Å². The highest BCUT2D eigenvalue weighted by Crippen LogP contribution is 2.28. The molecule has 3 aromatic rings. The highest BCUT2D eigenvalue weighted by molar-refractivity contribution is 5.82. The first-order valence-electron chi connectivity index (χ1n) is 6.71. The number of rotatable bonds is 1. The maximum Gasteiger partial charge on any atom is 0.119 e. The maximum atomic E-state index is 5.06. The highest BCUT2D eigenvalue weighted by Gasteiger charge is 2.11. The van der Waals surface area contributed by atoms with E-state index in [0.29, 0.717) is 0 Å². The highest BCUT2D eigenvalue weighted by atomic mass is 16.5. The summed E-state index contributed by atoms with van der Waals surface area (Å²) in [6.07, 6.45) is 0. The van der Waals surface area contributed by atoms with Gasteiger partial charge in [-0.25, -0.2) is 0 Å². The summed E-state index contributed by atoms with van der Waals surface area (Å²) in [4.78, 5) is 0. The average molecular weight is 263 g/mol. The van der Waals surface area contributed by atoms with Crippen LogP contribution >= 0.6 is 0 Å². The van der Waals surface area contributed by atoms with E-state index in [0.717, 1.165) is 12.3 Å². The van der Waals surface area contributed by atoms with Crippen LogP contribution in [0.4, 0.5) is 5.69 Å². The van der Waals surface area contributed by atoms with Crippen LogP contribution in [-0.2, 0) is 6.54 Å². The first kappa shape index (κ1) is 12.5. The van der Waals surface area contributed by atoms with Crippen LogP contribution < -0.4 is 10.1 Å². The Morgan fingerprint density at radius 1 is 0.850 bits per heavy atom. The predicted molar refractivity (Wildman–Crippen MR) is 84.3 cm³/mol. The molecule has 2 nitrogen and oxygen atoms in total. The van der Waals surface area contributed by atoms with Crippen LogP contribution in [0.1, 0.15) is 5.56 Å². The van der Waals surface area contributed by atoms with Crippen molar-refractivity contribution in [2.24, 2.45) is 0 Å². The Kier molecular flexibility index (Phi) is 3.55. The molecule has 100 valence electrons. The normalized spacial score (nSPS) is 11.4. The van der Waals surface area contributed by atoms with Gasteiger partial charge in [-0.15, -0.1) is 0 Å². The van der Waals surface area contributed by atoms with Gasteiger partial charge in [0, 0.05) is 12.2 Å². The Bertz CT molecular complexity index is 656. The summed E-state index contributed by atoms with van der Waals surface area (Å²) in [5.41, 5.74) is 2.58. The van der Waals surface area contributed by atoms with Gasteiger partial charge in [-0.05, 0) is 34.5 Å². The van der Waals surface area contributed by atoms with E-state index in [4.69, 9.17) is 4.74 Å². The van der Waals surface area contributed by atoms with Crippen LogP contribution in [0.25, 0.3) is 10.8 Å². The van der Waals surface area contributed by atoms with Gasteiger partial charge in [0.15, 0.2) is 0 Å². The molecule has 0 bridgehead atoms. The molecule has 1 aliphatic heterocycles. The Morgan fingerprint density at radius 2 is 1.45 bits per heavy atom. The maximum absolute atomic E-state index is 5.06. The van der Waals surface area contributed by atoms with Crippen molar-refractivity contribution < 1.29 is 4.74 Å². The van der Waals surface area contributed by atoms with Crippen molar-refractivity contribution in [2.75, 3.05) is 12.4 Å². The van der Waals surface area contributed by atoms with Crippen molar-refractivity contribution in [3.05, 3.63) is 72.3 Å². The van der Waals surface area contributed by atoms with Gasteiger partial charge in [0.2, 0.25) is 0 Å². The lowest BCUT2D eigenvalue weighted by atomic mass is 10.1. The average Bonchev–Trinajstić information content (AvgIpc) is 2.49. The van der Waals surface area contributed by atoms with Crippen molar-refractivity contribution in [1.82, 2.24) is 0 Å². The lowest BCUT2D eigenvalue weighted by Gasteiger charge is -2.21. The standard InChI is InChI=1S/C10H8.C8H9NO/c1-2-6-10-8-4-3-7-9(10)5-1;1-10-7-2-3-8-6(4-7)5-9-8/h1-8H;2-4,9H,5H2,1H3. The number of hydrogen-bond acceptors (Lipinski definition) is 2. The molecule has 0 fully saturated rings. The molecule has 0 unspecified atom stereocenters. The van der Waals surface area contributed by atoms with Gasteiger partial charge in [-0.1, -0.05) is 48.5 Å². The number of anilines is 1. The number of ether oxygens (including phenoxy) is 1. The largest absolute Gasteiger partial charge is 0.497 e. The molecular formula is C18H17NO. The first-order chi connectivity index (χ1) is 9.86. The third kappa shape index (κ3) is 2.59. The second-order valence-corrected chi connectivity index (χ2v) is 4.72. The molecule has 4 rings (SSSR count). The SMILES string of the molecule is COc1ccc2c(c1)CN2.c1ccc2ccccc2c1. The fourth-order valence-corrected chi connectivity index (χ4v) is 2.23. The fourth-order valence-electron chi connectivity index (χ4n) is 2.23. The van der Waals surface area contributed by atoms with E-state index in [2.05, 4.69) is 59.9 Å². The van der Waals surface area contributed by atoms with Crippen molar-refractivity contribution in [1.29, 1.82) is 0 Å². The van der Waals surface area contributed by atoms with Gasteiger partial charge in [-0.2, -0.15) is 0 Å². The van der Waals surface area contributed by atoms with Crippen molar-refractivity contribution >= 4 is 16.5 Å². The topological polar surface area (TPSA) is 21.3 Å². The summed E-state index contributed by atoms with van der Waals surface area (Å²) in [7, 11) is 1.69. The van der Waals surface area contributed by atoms with Crippen LogP contribution in [0.3, 0.4) is 0 Å². The molecule has 0 radical (unpaired) electrons. The minimum atomic E-state index is 0.945. The Hall–Kier alpha value is -2.48. The van der Waals surface area contributed by atoms with Crippen molar-refractivity contribution in [3.8, 4) is 5.75 Å². The minimum absolute atomic E-state index is 0.945. The summed E-state index contributed by atoms with van der Waals surface area (Å²) in [6.45, 7) is 0.979. The number of nitrogens with one attached hydrogen (secondary N) is 1. The molecule has 1 heterocycles. The van der Waals surface area contributed by atoms with Gasteiger partial charge in [0.05, 0.1) is 7.11 Å². The molecule has 0 saturated heterocycles. The van der Waals surface area contributed by atoms with E-state index in [-0.39, 0.29) is 0 Å². The molecule has 0 amide bonds. The summed E-state index contributed by atoms with van der Waals surface area (Å²) in [5, 5.41) is 5.81. The third-order valence-electron chi connectivity index (χ3n) is 3.44. The third-order valence-corrected chi connectivity index (χ3v) is 3.44. The molecule has 1 aliphatic rings. The molecule has 3 aromatic carbocycles. The number of benzene rings is 3. The predicted octanol–water partition coefficient (Wildman–Crippen LogP) is 4.46. The number of fused-ring (bicyclic) bond motifs is 2. The van der Waals surface area contributed by atoms with E-state index >= 15 is 0 Å². The van der Waals surface area contributed by atoms with E-state index in [1.807, 2.05) is 12.1 Å². The summed E-state index contributed by atoms with van der Waals surface area (Å²) < 4.78 is 5.06. The molecule has 0 spiro atoms. The molecular weight excluding hydrogens is 246 g/mol. The molecule has 0 aromatic heterocycles. The zero-order chi connectivity index (χ0) is 13.8. The minimum Gasteiger partial charge on any atom is -0.497 e. The zero-order valence-electron chi connectivity index (χ0n) is 11.5. The Balaban J connectivity index is 0.000000121. The monoisotopic (exact) mass is 263 g/mol. The van der Waals surface area contributed by atoms with Gasteiger partial charge < -0.3 is 10.1 Å². The van der Waals surface area contributed by atoms with E-state index < -0.39 is 0 Å². The van der Waals surface area contributed by atoms with Crippen LogP contribution in [0.15, 0.2) is 66.7 Å². The van der Waals surface area contributed by atoms with Crippen LogP contribution in [0.2, 0.25) is 0 Å². The zero-order valence-corrected chi connectivity index (χ0v) is 11.5. The molecule has 1 N–H and O–H groups in total. The van der Waals surface area contributed by atoms with Crippen molar-refractivity contribution in [2.45, 2.75) is 6.54 Å². The quantitative estimate of drug-likeness (QED) is 0.700. The van der Waals surface area contributed by atoms with Gasteiger partial charge >= 0.3 is 0 Å². The molecule has 2 heteroatoms. The number of hydrogen-bond donors (Lipinski definition) is 1. The van der Waals surface area contributed by atoms with Crippen LogP contribution in [0, 0.1) is 0 Å². The lowest BCUT2D eigenvalue weighted by Crippen LogP contribution is -2.12. The summed E-state index contributed by atoms with van der Waals surface area (Å²) in [5.74, 6) is 0.945. The lowest BCUT2D eigenvalue weighted by molar-refractivity contribution is 0.414. The van der Waals surface area contributed by atoms with E-state index in [1.165, 1.54) is 22.0 Å². The van der Waals surface area contributed by atoms with Crippen molar-refractivity contribution in [3.63, 3.8) is 0 Å². The summed E-state index contributed by atoms with van der Waals surface area (Å²) >= 11 is 0. The molecule has 20 heavy (non-hydrogen) atoms. The Morgan fingerprint density at radius 3 is 1.85 bits per heavy atom. The second-order valence-electron chi connectivity index (χ2n) is 4.72. The van der Waals surface area contributed by atoms with E-state index in [9.17, 15) is 0 Å². The Labute approximate surface area is 119 Å². The summed E-state index contributed by atoms with van der Waals surface area (Å²) in [6, 6.07) is 22.8. The van der Waals surface area contributed by atoms with Gasteiger partial charge in [-0.3, -0.25) is 0 Å². The fraction of sp³-hybridized carbons (Fsp3) is 0.111. The van der Waals surface area contributed by atoms with Gasteiger partial charge in [0.25, 0.3) is 0 Å².